The zero-order valence-electron chi connectivity index (χ0n) is 16.0. The molecule has 138 valence electrons. The minimum absolute atomic E-state index is 0.106. The van der Waals surface area contributed by atoms with Gasteiger partial charge in [0.05, 0.1) is 0 Å². The zero-order valence-corrected chi connectivity index (χ0v) is 16.0. The zero-order chi connectivity index (χ0) is 18.6. The Kier molecular flexibility index (Phi) is 6.56. The lowest BCUT2D eigenvalue weighted by Crippen LogP contribution is -2.52. The summed E-state index contributed by atoms with van der Waals surface area (Å²) in [7, 11) is 7.80. The Balaban J connectivity index is 1.99. The number of amides is 2. The minimum Gasteiger partial charge on any atom is -0.334 e. The third kappa shape index (κ3) is 5.28. The lowest BCUT2D eigenvalue weighted by molar-refractivity contribution is -0.145. The van der Waals surface area contributed by atoms with Crippen molar-refractivity contribution in [2.24, 2.45) is 5.92 Å². The molecule has 1 N–H and O–H groups in total. The summed E-state index contributed by atoms with van der Waals surface area (Å²) in [5.74, 6) is -0.695. The standard InChI is InChI=1S/C19H30N4O2/c1-14-12-22(4)10-9-17(14)23(5)19(25)18(24)20-16-8-6-7-15(11-16)13-21(2)3/h6-8,11,14,17H,9-10,12-13H2,1-5H3,(H,20,24)/t14-,17-/m1/s1. The molecule has 0 aliphatic carbocycles. The van der Waals surface area contributed by atoms with Crippen molar-refractivity contribution in [2.75, 3.05) is 46.6 Å². The fourth-order valence-electron chi connectivity index (χ4n) is 3.53. The molecule has 0 aromatic heterocycles. The molecule has 6 heteroatoms. The van der Waals surface area contributed by atoms with E-state index in [1.807, 2.05) is 38.4 Å². The number of nitrogens with one attached hydrogen (secondary N) is 1. The number of carbonyl (C=O) groups excluding carboxylic acids is 2. The number of rotatable bonds is 4. The first kappa shape index (κ1) is 19.4. The van der Waals surface area contributed by atoms with E-state index < -0.39 is 11.8 Å². The maximum atomic E-state index is 12.5. The highest BCUT2D eigenvalue weighted by Crippen LogP contribution is 2.20. The Morgan fingerprint density at radius 2 is 2.00 bits per heavy atom. The number of likely N-dealkylation sites (N-methyl/N-ethyl adjacent to an activating group) is 1. The van der Waals surface area contributed by atoms with Crippen LogP contribution in [0.1, 0.15) is 18.9 Å². The van der Waals surface area contributed by atoms with Gasteiger partial charge in [0, 0.05) is 31.9 Å². The van der Waals surface area contributed by atoms with Crippen LogP contribution < -0.4 is 5.32 Å². The fraction of sp³-hybridized carbons (Fsp3) is 0.579. The van der Waals surface area contributed by atoms with Crippen LogP contribution in [0, 0.1) is 5.92 Å². The molecule has 1 aliphatic rings. The summed E-state index contributed by atoms with van der Waals surface area (Å²) >= 11 is 0. The van der Waals surface area contributed by atoms with Gasteiger partial charge in [-0.2, -0.15) is 0 Å². The topological polar surface area (TPSA) is 55.9 Å². The molecule has 0 bridgehead atoms. The first-order chi connectivity index (χ1) is 11.8. The second-order valence-corrected chi connectivity index (χ2v) is 7.40. The Bertz CT molecular complexity index is 617. The van der Waals surface area contributed by atoms with Crippen LogP contribution in [0.2, 0.25) is 0 Å². The molecule has 0 unspecified atom stereocenters. The van der Waals surface area contributed by atoms with Gasteiger partial charge in [0.25, 0.3) is 0 Å². The SMILES string of the molecule is C[C@@H]1CN(C)CC[C@H]1N(C)C(=O)C(=O)Nc1cccc(CN(C)C)c1. The van der Waals surface area contributed by atoms with Crippen molar-refractivity contribution >= 4 is 17.5 Å². The van der Waals surface area contributed by atoms with Crippen molar-refractivity contribution in [3.05, 3.63) is 29.8 Å². The highest BCUT2D eigenvalue weighted by molar-refractivity contribution is 6.39. The van der Waals surface area contributed by atoms with Crippen LogP contribution >= 0.6 is 0 Å². The van der Waals surface area contributed by atoms with Gasteiger partial charge in [-0.05, 0) is 57.7 Å². The maximum absolute atomic E-state index is 12.5. The molecule has 0 saturated carbocycles. The summed E-state index contributed by atoms with van der Waals surface area (Å²) in [5, 5.41) is 2.74. The molecular weight excluding hydrogens is 316 g/mol. The molecule has 1 fully saturated rings. The average molecular weight is 346 g/mol. The summed E-state index contributed by atoms with van der Waals surface area (Å²) in [6.45, 7) is 4.80. The predicted octanol–water partition coefficient (Wildman–Crippen LogP) is 1.49. The molecule has 1 heterocycles. The molecule has 1 aliphatic heterocycles. The van der Waals surface area contributed by atoms with Crippen LogP contribution in [-0.2, 0) is 16.1 Å². The number of carbonyl (C=O) groups is 2. The lowest BCUT2D eigenvalue weighted by atomic mass is 9.93. The third-order valence-electron chi connectivity index (χ3n) is 4.76. The summed E-state index contributed by atoms with van der Waals surface area (Å²) in [6, 6.07) is 7.71. The fourth-order valence-corrected chi connectivity index (χ4v) is 3.53. The largest absolute Gasteiger partial charge is 0.334 e. The van der Waals surface area contributed by atoms with E-state index >= 15 is 0 Å². The van der Waals surface area contributed by atoms with Crippen LogP contribution in [0.15, 0.2) is 24.3 Å². The van der Waals surface area contributed by atoms with Crippen LogP contribution in [0.25, 0.3) is 0 Å². The number of likely N-dealkylation sites (tertiary alicyclic amines) is 1. The first-order valence-corrected chi connectivity index (χ1v) is 8.78. The Morgan fingerprint density at radius 1 is 1.28 bits per heavy atom. The van der Waals surface area contributed by atoms with Crippen LogP contribution in [0.3, 0.4) is 0 Å². The number of piperidine rings is 1. The summed E-state index contributed by atoms with van der Waals surface area (Å²) in [5.41, 5.74) is 1.75. The Morgan fingerprint density at radius 3 is 2.64 bits per heavy atom. The van der Waals surface area contributed by atoms with Gasteiger partial charge in [0.2, 0.25) is 0 Å². The van der Waals surface area contributed by atoms with Gasteiger partial charge in [0.15, 0.2) is 0 Å². The molecule has 1 aromatic rings. The third-order valence-corrected chi connectivity index (χ3v) is 4.76. The number of hydrogen-bond acceptors (Lipinski definition) is 4. The quantitative estimate of drug-likeness (QED) is 0.839. The second kappa shape index (κ2) is 8.45. The van der Waals surface area contributed by atoms with Gasteiger partial charge in [-0.25, -0.2) is 0 Å². The molecule has 2 atom stereocenters. The molecule has 2 rings (SSSR count). The van der Waals surface area contributed by atoms with Crippen molar-refractivity contribution < 1.29 is 9.59 Å². The Labute approximate surface area is 150 Å². The first-order valence-electron chi connectivity index (χ1n) is 8.78. The Hall–Kier alpha value is -1.92. The van der Waals surface area contributed by atoms with Gasteiger partial charge < -0.3 is 20.0 Å². The second-order valence-electron chi connectivity index (χ2n) is 7.40. The van der Waals surface area contributed by atoms with Crippen molar-refractivity contribution in [1.29, 1.82) is 0 Å². The monoisotopic (exact) mass is 346 g/mol. The summed E-state index contributed by atoms with van der Waals surface area (Å²) in [4.78, 5) is 30.8. The number of benzene rings is 1. The van der Waals surface area contributed by atoms with E-state index in [2.05, 4.69) is 29.1 Å². The van der Waals surface area contributed by atoms with E-state index in [0.29, 0.717) is 11.6 Å². The average Bonchev–Trinajstić information content (AvgIpc) is 2.53. The summed E-state index contributed by atoms with van der Waals surface area (Å²) in [6.07, 6.45) is 0.894. The van der Waals surface area contributed by atoms with Gasteiger partial charge >= 0.3 is 11.8 Å². The molecule has 25 heavy (non-hydrogen) atoms. The minimum atomic E-state index is -0.573. The molecule has 6 nitrogen and oxygen atoms in total. The van der Waals surface area contributed by atoms with Gasteiger partial charge in [-0.15, -0.1) is 0 Å². The van der Waals surface area contributed by atoms with E-state index in [1.165, 1.54) is 0 Å². The smallest absolute Gasteiger partial charge is 0.313 e. The molecule has 0 radical (unpaired) electrons. The number of anilines is 1. The highest BCUT2D eigenvalue weighted by Gasteiger charge is 2.32. The van der Waals surface area contributed by atoms with Crippen LogP contribution in [-0.4, -0.2) is 73.8 Å². The van der Waals surface area contributed by atoms with Crippen LogP contribution in [0.5, 0.6) is 0 Å². The van der Waals surface area contributed by atoms with Gasteiger partial charge in [-0.3, -0.25) is 9.59 Å². The van der Waals surface area contributed by atoms with E-state index in [1.54, 1.807) is 11.9 Å². The van der Waals surface area contributed by atoms with E-state index in [9.17, 15) is 9.59 Å². The normalized spacial score (nSPS) is 21.2. The number of hydrogen-bond donors (Lipinski definition) is 1. The van der Waals surface area contributed by atoms with E-state index in [0.717, 1.165) is 31.6 Å². The maximum Gasteiger partial charge on any atom is 0.313 e. The number of nitrogens with zero attached hydrogens (tertiary/aromatic N) is 3. The lowest BCUT2D eigenvalue weighted by Gasteiger charge is -2.39. The van der Waals surface area contributed by atoms with Crippen molar-refractivity contribution in [3.8, 4) is 0 Å². The highest BCUT2D eigenvalue weighted by atomic mass is 16.2. The van der Waals surface area contributed by atoms with Crippen molar-refractivity contribution in [1.82, 2.24) is 14.7 Å². The molecule has 1 aromatic carbocycles. The predicted molar refractivity (Wildman–Crippen MR) is 100 cm³/mol. The molecule has 0 spiro atoms. The van der Waals surface area contributed by atoms with Gasteiger partial charge in [-0.1, -0.05) is 19.1 Å². The summed E-state index contributed by atoms with van der Waals surface area (Å²) < 4.78 is 0. The van der Waals surface area contributed by atoms with E-state index in [4.69, 9.17) is 0 Å². The van der Waals surface area contributed by atoms with E-state index in [-0.39, 0.29) is 6.04 Å². The van der Waals surface area contributed by atoms with Gasteiger partial charge in [0.1, 0.15) is 0 Å². The van der Waals surface area contributed by atoms with Crippen molar-refractivity contribution in [2.45, 2.75) is 25.9 Å². The molecule has 1 saturated heterocycles. The molecule has 2 amide bonds. The molecular formula is C19H30N4O2. The van der Waals surface area contributed by atoms with Crippen LogP contribution in [0.4, 0.5) is 5.69 Å². The van der Waals surface area contributed by atoms with Crippen molar-refractivity contribution in [3.63, 3.8) is 0 Å².